The van der Waals surface area contributed by atoms with Crippen LogP contribution in [0.25, 0.3) is 0 Å². The first-order chi connectivity index (χ1) is 15.1. The number of piperidine rings is 1. The second-order valence-electron chi connectivity index (χ2n) is 7.77. The Morgan fingerprint density at radius 3 is 2.78 bits per heavy atom. The zero-order valence-electron chi connectivity index (χ0n) is 17.2. The molecular weight excluding hydrogens is 444 g/mol. The Morgan fingerprint density at radius 1 is 1.25 bits per heavy atom. The van der Waals surface area contributed by atoms with Crippen LogP contribution < -0.4 is 15.4 Å². The summed E-state index contributed by atoms with van der Waals surface area (Å²) in [7, 11) is -3.96. The summed E-state index contributed by atoms with van der Waals surface area (Å²) in [5.41, 5.74) is 0.658. The molecule has 2 N–H and O–H groups in total. The van der Waals surface area contributed by atoms with Crippen LogP contribution in [-0.4, -0.2) is 44.2 Å². The van der Waals surface area contributed by atoms with Crippen molar-refractivity contribution >= 4 is 33.2 Å². The number of amides is 2. The molecule has 0 aliphatic carbocycles. The highest BCUT2D eigenvalue weighted by molar-refractivity contribution is 7.89. The molecule has 2 amide bonds. The predicted octanol–water partition coefficient (Wildman–Crippen LogP) is 2.64. The largest absolute Gasteiger partial charge is 0.482 e. The van der Waals surface area contributed by atoms with Crippen molar-refractivity contribution in [2.24, 2.45) is 5.92 Å². The van der Waals surface area contributed by atoms with Crippen molar-refractivity contribution < 1.29 is 31.5 Å². The third kappa shape index (κ3) is 4.30. The number of hydrogen-bond donors (Lipinski definition) is 2. The Balaban J connectivity index is 1.53. The van der Waals surface area contributed by atoms with Crippen molar-refractivity contribution in [3.05, 3.63) is 47.5 Å². The molecule has 0 aromatic heterocycles. The summed E-state index contributed by atoms with van der Waals surface area (Å²) in [6.07, 6.45) is 0.874. The molecule has 8 nitrogen and oxygen atoms in total. The molecule has 0 saturated carbocycles. The molecule has 1 atom stereocenters. The molecule has 2 heterocycles. The maximum absolute atomic E-state index is 13.9. The summed E-state index contributed by atoms with van der Waals surface area (Å²) in [5.74, 6) is -2.98. The first-order valence-electron chi connectivity index (χ1n) is 9.98. The number of anilines is 2. The Bertz CT molecular complexity index is 1200. The first-order valence-corrected chi connectivity index (χ1v) is 11.4. The number of hydrogen-bond acceptors (Lipinski definition) is 5. The minimum absolute atomic E-state index is 0.0260. The second-order valence-corrected chi connectivity index (χ2v) is 9.67. The standard InChI is InChI=1S/C21H21F2N3O5S/c1-12-7-17-18(31-11-20(27)24-17)9-19(12)32(29,30)26-6-2-3-13(10-26)21(28)25-16-5-4-14(22)8-15(16)23/h4-5,7-9,13H,2-3,6,10-11H2,1H3,(H,24,27)(H,25,28)/t13-/m0/s1. The van der Waals surface area contributed by atoms with Gasteiger partial charge in [0.15, 0.2) is 6.61 Å². The molecule has 0 bridgehead atoms. The lowest BCUT2D eigenvalue weighted by atomic mass is 9.98. The summed E-state index contributed by atoms with van der Waals surface area (Å²) in [6, 6.07) is 5.72. The summed E-state index contributed by atoms with van der Waals surface area (Å²) in [5, 5.41) is 5.05. The van der Waals surface area contributed by atoms with Crippen molar-refractivity contribution in [1.82, 2.24) is 4.31 Å². The number of benzene rings is 2. The van der Waals surface area contributed by atoms with Gasteiger partial charge in [0.1, 0.15) is 17.4 Å². The smallest absolute Gasteiger partial charge is 0.262 e. The number of nitrogens with one attached hydrogen (secondary N) is 2. The van der Waals surface area contributed by atoms with Crippen LogP contribution in [0.4, 0.5) is 20.2 Å². The molecule has 1 fully saturated rings. The highest BCUT2D eigenvalue weighted by Crippen LogP contribution is 2.35. The summed E-state index contributed by atoms with van der Waals surface area (Å²) >= 11 is 0. The molecule has 0 unspecified atom stereocenters. The fraction of sp³-hybridized carbons (Fsp3) is 0.333. The van der Waals surface area contributed by atoms with Crippen LogP contribution in [0.2, 0.25) is 0 Å². The van der Waals surface area contributed by atoms with Gasteiger partial charge in [-0.3, -0.25) is 9.59 Å². The predicted molar refractivity (Wildman–Crippen MR) is 112 cm³/mol. The lowest BCUT2D eigenvalue weighted by molar-refractivity contribution is -0.121. The Hall–Kier alpha value is -3.05. The van der Waals surface area contributed by atoms with Crippen molar-refractivity contribution in [1.29, 1.82) is 0 Å². The van der Waals surface area contributed by atoms with Crippen LogP contribution in [0, 0.1) is 24.5 Å². The third-order valence-corrected chi connectivity index (χ3v) is 7.48. The van der Waals surface area contributed by atoms with E-state index in [0.29, 0.717) is 30.2 Å². The van der Waals surface area contributed by atoms with Gasteiger partial charge < -0.3 is 15.4 Å². The number of rotatable bonds is 4. The lowest BCUT2D eigenvalue weighted by Gasteiger charge is -2.32. The monoisotopic (exact) mass is 465 g/mol. The average Bonchev–Trinajstić information content (AvgIpc) is 2.75. The van der Waals surface area contributed by atoms with E-state index in [0.717, 1.165) is 12.1 Å². The molecule has 4 rings (SSSR count). The van der Waals surface area contributed by atoms with Gasteiger partial charge in [0, 0.05) is 25.2 Å². The summed E-state index contributed by atoms with van der Waals surface area (Å²) < 4.78 is 60.2. The fourth-order valence-corrected chi connectivity index (χ4v) is 5.58. The van der Waals surface area contributed by atoms with Crippen LogP contribution in [0.15, 0.2) is 35.2 Å². The van der Waals surface area contributed by atoms with E-state index in [9.17, 15) is 26.8 Å². The normalized spacial score (nSPS) is 19.0. The van der Waals surface area contributed by atoms with Gasteiger partial charge in [-0.05, 0) is 43.5 Å². The maximum Gasteiger partial charge on any atom is 0.262 e. The topological polar surface area (TPSA) is 105 Å². The SMILES string of the molecule is Cc1cc2c(cc1S(=O)(=O)N1CCC[C@H](C(=O)Nc3ccc(F)cc3F)C1)OCC(=O)N2. The lowest BCUT2D eigenvalue weighted by Crippen LogP contribution is -2.44. The number of fused-ring (bicyclic) bond motifs is 1. The van der Waals surface area contributed by atoms with Crippen molar-refractivity contribution in [2.75, 3.05) is 30.3 Å². The molecule has 0 spiro atoms. The van der Waals surface area contributed by atoms with Crippen molar-refractivity contribution in [3.8, 4) is 5.75 Å². The number of ether oxygens (including phenoxy) is 1. The van der Waals surface area contributed by atoms with Crippen LogP contribution in [-0.2, 0) is 19.6 Å². The van der Waals surface area contributed by atoms with E-state index in [-0.39, 0.29) is 41.9 Å². The zero-order valence-corrected chi connectivity index (χ0v) is 18.0. The molecule has 11 heteroatoms. The number of nitrogens with zero attached hydrogens (tertiary/aromatic N) is 1. The van der Waals surface area contributed by atoms with E-state index in [2.05, 4.69) is 10.6 Å². The van der Waals surface area contributed by atoms with E-state index in [1.54, 1.807) is 6.92 Å². The molecule has 1 saturated heterocycles. The molecule has 0 radical (unpaired) electrons. The van der Waals surface area contributed by atoms with Gasteiger partial charge in [0.25, 0.3) is 5.91 Å². The highest BCUT2D eigenvalue weighted by Gasteiger charge is 2.35. The number of carbonyl (C=O) groups is 2. The van der Waals surface area contributed by atoms with Gasteiger partial charge in [-0.2, -0.15) is 4.31 Å². The Labute approximate surface area is 183 Å². The van der Waals surface area contributed by atoms with Gasteiger partial charge in [-0.25, -0.2) is 17.2 Å². The maximum atomic E-state index is 13.9. The van der Waals surface area contributed by atoms with Crippen LogP contribution in [0.1, 0.15) is 18.4 Å². The molecule has 170 valence electrons. The number of aryl methyl sites for hydroxylation is 1. The van der Waals surface area contributed by atoms with E-state index < -0.39 is 33.5 Å². The molecule has 2 aliphatic rings. The first kappa shape index (κ1) is 22.2. The van der Waals surface area contributed by atoms with E-state index in [4.69, 9.17) is 4.74 Å². The molecule has 2 aromatic rings. The minimum Gasteiger partial charge on any atom is -0.482 e. The fourth-order valence-electron chi connectivity index (χ4n) is 3.83. The average molecular weight is 465 g/mol. The van der Waals surface area contributed by atoms with Crippen LogP contribution >= 0.6 is 0 Å². The van der Waals surface area contributed by atoms with E-state index in [1.165, 1.54) is 16.4 Å². The van der Waals surface area contributed by atoms with Crippen LogP contribution in [0.5, 0.6) is 5.75 Å². The second kappa shape index (κ2) is 8.47. The third-order valence-electron chi connectivity index (χ3n) is 5.47. The summed E-state index contributed by atoms with van der Waals surface area (Å²) in [4.78, 5) is 24.2. The molecule has 2 aromatic carbocycles. The van der Waals surface area contributed by atoms with Crippen LogP contribution in [0.3, 0.4) is 0 Å². The number of carbonyl (C=O) groups excluding carboxylic acids is 2. The van der Waals surface area contributed by atoms with E-state index in [1.807, 2.05) is 0 Å². The van der Waals surface area contributed by atoms with Gasteiger partial charge in [-0.15, -0.1) is 0 Å². The van der Waals surface area contributed by atoms with Gasteiger partial charge in [0.2, 0.25) is 15.9 Å². The van der Waals surface area contributed by atoms with Crippen molar-refractivity contribution in [2.45, 2.75) is 24.7 Å². The Morgan fingerprint density at radius 2 is 2.03 bits per heavy atom. The van der Waals surface area contributed by atoms with Crippen molar-refractivity contribution in [3.63, 3.8) is 0 Å². The highest BCUT2D eigenvalue weighted by atomic mass is 32.2. The molecular formula is C21H21F2N3O5S. The minimum atomic E-state index is -3.96. The summed E-state index contributed by atoms with van der Waals surface area (Å²) in [6.45, 7) is 1.55. The van der Waals surface area contributed by atoms with Gasteiger partial charge >= 0.3 is 0 Å². The number of halogens is 2. The molecule has 2 aliphatic heterocycles. The van der Waals surface area contributed by atoms with E-state index >= 15 is 0 Å². The zero-order chi connectivity index (χ0) is 23.0. The van der Waals surface area contributed by atoms with Gasteiger partial charge in [0.05, 0.1) is 22.2 Å². The number of sulfonamides is 1. The molecule has 32 heavy (non-hydrogen) atoms. The quantitative estimate of drug-likeness (QED) is 0.723. The van der Waals surface area contributed by atoms with Gasteiger partial charge in [-0.1, -0.05) is 0 Å². The Kier molecular flexibility index (Phi) is 5.87.